The van der Waals surface area contributed by atoms with Crippen LogP contribution in [0.2, 0.25) is 0 Å². The first-order chi connectivity index (χ1) is 9.31. The summed E-state index contributed by atoms with van der Waals surface area (Å²) in [5, 5.41) is 12.6. The van der Waals surface area contributed by atoms with Gasteiger partial charge < -0.3 is 15.2 Å². The molecule has 1 amide bonds. The van der Waals surface area contributed by atoms with Crippen LogP contribution in [0.3, 0.4) is 0 Å². The molecule has 4 heteroatoms. The average molecular weight is 279 g/mol. The summed E-state index contributed by atoms with van der Waals surface area (Å²) in [6.45, 7) is 8.06. The smallest absolute Gasteiger partial charge is 0.407 e. The number of hydrogen-bond acceptors (Lipinski definition) is 3. The molecular formula is C16H25NO3. The van der Waals surface area contributed by atoms with Crippen molar-refractivity contribution < 1.29 is 14.6 Å². The van der Waals surface area contributed by atoms with Gasteiger partial charge in [-0.1, -0.05) is 25.5 Å². The molecule has 4 nitrogen and oxygen atoms in total. The first-order valence-electron chi connectivity index (χ1n) is 7.09. The fraction of sp³-hybridized carbons (Fsp3) is 0.562. The maximum atomic E-state index is 11.5. The minimum absolute atomic E-state index is 0.335. The first kappa shape index (κ1) is 16.3. The van der Waals surface area contributed by atoms with Gasteiger partial charge in [0.1, 0.15) is 11.4 Å². The number of benzene rings is 1. The molecule has 112 valence electrons. The summed E-state index contributed by atoms with van der Waals surface area (Å²) >= 11 is 0. The largest absolute Gasteiger partial charge is 0.508 e. The van der Waals surface area contributed by atoms with Crippen LogP contribution in [0, 0.1) is 0 Å². The molecule has 0 saturated carbocycles. The van der Waals surface area contributed by atoms with Gasteiger partial charge in [0.15, 0.2) is 0 Å². The normalized spacial score (nSPS) is 11.2. The minimum atomic E-state index is -0.482. The molecule has 0 radical (unpaired) electrons. The van der Waals surface area contributed by atoms with Crippen molar-refractivity contribution in [3.8, 4) is 5.75 Å². The van der Waals surface area contributed by atoms with Crippen molar-refractivity contribution in [3.05, 3.63) is 29.3 Å². The molecule has 0 spiro atoms. The number of aryl methyl sites for hydroxylation is 1. The summed E-state index contributed by atoms with van der Waals surface area (Å²) < 4.78 is 5.15. The van der Waals surface area contributed by atoms with E-state index < -0.39 is 11.7 Å². The van der Waals surface area contributed by atoms with Gasteiger partial charge in [-0.2, -0.15) is 0 Å². The van der Waals surface area contributed by atoms with E-state index in [1.165, 1.54) is 0 Å². The summed E-state index contributed by atoms with van der Waals surface area (Å²) in [6.07, 6.45) is 2.14. The number of hydrogen-bond donors (Lipinski definition) is 2. The first-order valence-corrected chi connectivity index (χ1v) is 7.09. The Labute approximate surface area is 121 Å². The molecule has 0 aliphatic rings. The summed E-state index contributed by atoms with van der Waals surface area (Å²) in [7, 11) is 0. The molecule has 0 fully saturated rings. The molecule has 1 aromatic carbocycles. The quantitative estimate of drug-likeness (QED) is 0.868. The SMILES string of the molecule is CCCc1ccc(CCNC(=O)OC(C)(C)C)cc1O. The maximum absolute atomic E-state index is 11.5. The van der Waals surface area contributed by atoms with Gasteiger partial charge in [-0.25, -0.2) is 4.79 Å². The summed E-state index contributed by atoms with van der Waals surface area (Å²) in [6, 6.07) is 5.70. The van der Waals surface area contributed by atoms with Crippen molar-refractivity contribution in [2.75, 3.05) is 6.54 Å². The van der Waals surface area contributed by atoms with Crippen LogP contribution in [0.1, 0.15) is 45.2 Å². The van der Waals surface area contributed by atoms with Crippen LogP contribution in [0.25, 0.3) is 0 Å². The van der Waals surface area contributed by atoms with E-state index >= 15 is 0 Å². The van der Waals surface area contributed by atoms with E-state index in [2.05, 4.69) is 12.2 Å². The number of phenolic OH excluding ortho intramolecular Hbond substituents is 1. The molecule has 20 heavy (non-hydrogen) atoms. The molecule has 0 aromatic heterocycles. The Morgan fingerprint density at radius 1 is 1.30 bits per heavy atom. The van der Waals surface area contributed by atoms with E-state index in [-0.39, 0.29) is 0 Å². The van der Waals surface area contributed by atoms with E-state index in [1.54, 1.807) is 6.07 Å². The van der Waals surface area contributed by atoms with Crippen LogP contribution in [0.4, 0.5) is 4.79 Å². The van der Waals surface area contributed by atoms with E-state index in [4.69, 9.17) is 4.74 Å². The van der Waals surface area contributed by atoms with Crippen molar-refractivity contribution in [3.63, 3.8) is 0 Å². The molecule has 0 bridgehead atoms. The van der Waals surface area contributed by atoms with Crippen molar-refractivity contribution in [2.24, 2.45) is 0 Å². The number of amides is 1. The van der Waals surface area contributed by atoms with Gasteiger partial charge in [-0.3, -0.25) is 0 Å². The van der Waals surface area contributed by atoms with Crippen LogP contribution in [-0.2, 0) is 17.6 Å². The molecule has 0 unspecified atom stereocenters. The van der Waals surface area contributed by atoms with Gasteiger partial charge in [0.2, 0.25) is 0 Å². The molecule has 0 heterocycles. The lowest BCUT2D eigenvalue weighted by molar-refractivity contribution is 0.0528. The number of ether oxygens (including phenoxy) is 1. The third-order valence-corrected chi connectivity index (χ3v) is 2.75. The van der Waals surface area contributed by atoms with Gasteiger partial charge in [0.25, 0.3) is 0 Å². The number of nitrogens with one attached hydrogen (secondary N) is 1. The molecule has 0 saturated heterocycles. The fourth-order valence-electron chi connectivity index (χ4n) is 1.87. The zero-order chi connectivity index (χ0) is 15.2. The van der Waals surface area contributed by atoms with Gasteiger partial charge in [-0.15, -0.1) is 0 Å². The van der Waals surface area contributed by atoms with Crippen molar-refractivity contribution in [2.45, 2.75) is 52.6 Å². The highest BCUT2D eigenvalue weighted by molar-refractivity contribution is 5.67. The van der Waals surface area contributed by atoms with Crippen LogP contribution in [0.5, 0.6) is 5.75 Å². The number of rotatable bonds is 5. The van der Waals surface area contributed by atoms with Crippen LogP contribution in [0.15, 0.2) is 18.2 Å². The van der Waals surface area contributed by atoms with E-state index in [0.29, 0.717) is 18.7 Å². The number of phenols is 1. The highest BCUT2D eigenvalue weighted by atomic mass is 16.6. The topological polar surface area (TPSA) is 58.6 Å². The Kier molecular flexibility index (Phi) is 5.86. The average Bonchev–Trinajstić information content (AvgIpc) is 2.30. The zero-order valence-electron chi connectivity index (χ0n) is 12.8. The lowest BCUT2D eigenvalue weighted by Crippen LogP contribution is -2.33. The molecule has 2 N–H and O–H groups in total. The van der Waals surface area contributed by atoms with Crippen LogP contribution >= 0.6 is 0 Å². The number of carbonyl (C=O) groups excluding carboxylic acids is 1. The second-order valence-corrected chi connectivity index (χ2v) is 5.89. The van der Waals surface area contributed by atoms with Crippen LogP contribution < -0.4 is 5.32 Å². The molecular weight excluding hydrogens is 254 g/mol. The minimum Gasteiger partial charge on any atom is -0.508 e. The van der Waals surface area contributed by atoms with Gasteiger partial charge in [-0.05, 0) is 50.8 Å². The fourth-order valence-corrected chi connectivity index (χ4v) is 1.87. The van der Waals surface area contributed by atoms with E-state index in [0.717, 1.165) is 24.0 Å². The molecule has 1 aromatic rings. The zero-order valence-corrected chi connectivity index (χ0v) is 12.8. The molecule has 0 atom stereocenters. The standard InChI is InChI=1S/C16H25NO3/c1-5-6-13-8-7-12(11-14(13)18)9-10-17-15(19)20-16(2,3)4/h7-8,11,18H,5-6,9-10H2,1-4H3,(H,17,19). The van der Waals surface area contributed by atoms with Crippen molar-refractivity contribution in [1.29, 1.82) is 0 Å². The van der Waals surface area contributed by atoms with Gasteiger partial charge in [0.05, 0.1) is 0 Å². The predicted molar refractivity (Wildman–Crippen MR) is 80.0 cm³/mol. The second kappa shape index (κ2) is 7.17. The monoisotopic (exact) mass is 279 g/mol. The Balaban J connectivity index is 2.43. The third-order valence-electron chi connectivity index (χ3n) is 2.75. The van der Waals surface area contributed by atoms with Crippen LogP contribution in [-0.4, -0.2) is 23.3 Å². The lowest BCUT2D eigenvalue weighted by atomic mass is 10.0. The Hall–Kier alpha value is -1.71. The lowest BCUT2D eigenvalue weighted by Gasteiger charge is -2.19. The Morgan fingerprint density at radius 3 is 2.55 bits per heavy atom. The highest BCUT2D eigenvalue weighted by Gasteiger charge is 2.15. The number of aromatic hydroxyl groups is 1. The van der Waals surface area contributed by atoms with Crippen molar-refractivity contribution >= 4 is 6.09 Å². The maximum Gasteiger partial charge on any atom is 0.407 e. The second-order valence-electron chi connectivity index (χ2n) is 5.89. The van der Waals surface area contributed by atoms with Crippen molar-refractivity contribution in [1.82, 2.24) is 5.32 Å². The molecule has 1 rings (SSSR count). The Bertz CT molecular complexity index is 450. The van der Waals surface area contributed by atoms with Gasteiger partial charge in [0, 0.05) is 6.54 Å². The molecule has 0 aliphatic carbocycles. The number of carbonyl (C=O) groups is 1. The Morgan fingerprint density at radius 2 is 2.00 bits per heavy atom. The van der Waals surface area contributed by atoms with Gasteiger partial charge >= 0.3 is 6.09 Å². The van der Waals surface area contributed by atoms with E-state index in [1.807, 2.05) is 32.9 Å². The highest BCUT2D eigenvalue weighted by Crippen LogP contribution is 2.20. The summed E-state index contributed by atoms with van der Waals surface area (Å²) in [5.41, 5.74) is 1.49. The summed E-state index contributed by atoms with van der Waals surface area (Å²) in [4.78, 5) is 11.5. The summed E-state index contributed by atoms with van der Waals surface area (Å²) in [5.74, 6) is 0.335. The third kappa shape index (κ3) is 5.95. The van der Waals surface area contributed by atoms with E-state index in [9.17, 15) is 9.90 Å². The predicted octanol–water partition coefficient (Wildman–Crippen LogP) is 3.41. The molecule has 0 aliphatic heterocycles. The number of alkyl carbamates (subject to hydrolysis) is 1.